The Balaban J connectivity index is 2.30. The molecule has 0 aliphatic heterocycles. The summed E-state index contributed by atoms with van der Waals surface area (Å²) in [5.41, 5.74) is 2.98. The van der Waals surface area contributed by atoms with Crippen LogP contribution < -0.4 is 5.43 Å². The standard InChI is InChI=1S/C11H10Cl2N4OS/c1-6-14-15-11(19-2)17(6)16-10(18)8-5-7(12)3-4-9(8)13/h3-5H,1-2H3,(H,16,18). The lowest BCUT2D eigenvalue weighted by atomic mass is 10.2. The van der Waals surface area contributed by atoms with Crippen molar-refractivity contribution in [2.75, 3.05) is 11.7 Å². The van der Waals surface area contributed by atoms with E-state index in [-0.39, 0.29) is 5.91 Å². The van der Waals surface area contributed by atoms with Gasteiger partial charge in [0.2, 0.25) is 5.16 Å². The molecule has 19 heavy (non-hydrogen) atoms. The third kappa shape index (κ3) is 3.02. The minimum absolute atomic E-state index is 0.300. The maximum absolute atomic E-state index is 12.2. The number of carbonyl (C=O) groups excluding carboxylic acids is 1. The van der Waals surface area contributed by atoms with Crippen molar-refractivity contribution >= 4 is 40.9 Å². The average Bonchev–Trinajstić information content (AvgIpc) is 2.73. The summed E-state index contributed by atoms with van der Waals surface area (Å²) in [6.45, 7) is 1.74. The van der Waals surface area contributed by atoms with Crippen LogP contribution in [0.2, 0.25) is 10.0 Å². The number of nitrogens with one attached hydrogen (secondary N) is 1. The van der Waals surface area contributed by atoms with Crippen molar-refractivity contribution in [1.29, 1.82) is 0 Å². The smallest absolute Gasteiger partial charge is 0.267 e. The van der Waals surface area contributed by atoms with E-state index in [0.29, 0.717) is 26.6 Å². The Morgan fingerprint density at radius 2 is 2.11 bits per heavy atom. The minimum Gasteiger partial charge on any atom is -0.267 e. The summed E-state index contributed by atoms with van der Waals surface area (Å²) in [6, 6.07) is 4.71. The number of halogens is 2. The van der Waals surface area contributed by atoms with Gasteiger partial charge in [0.05, 0.1) is 10.6 Å². The third-order valence-corrected chi connectivity index (χ3v) is 3.56. The average molecular weight is 317 g/mol. The van der Waals surface area contributed by atoms with E-state index in [1.54, 1.807) is 19.1 Å². The fourth-order valence-electron chi connectivity index (χ4n) is 1.44. The Hall–Kier alpha value is -1.24. The van der Waals surface area contributed by atoms with Gasteiger partial charge in [0, 0.05) is 5.02 Å². The highest BCUT2D eigenvalue weighted by atomic mass is 35.5. The zero-order valence-corrected chi connectivity index (χ0v) is 12.5. The van der Waals surface area contributed by atoms with Crippen LogP contribution in [0, 0.1) is 6.92 Å². The second kappa shape index (κ2) is 5.81. The number of benzene rings is 1. The molecule has 0 saturated carbocycles. The van der Waals surface area contributed by atoms with Gasteiger partial charge in [-0.3, -0.25) is 10.2 Å². The van der Waals surface area contributed by atoms with Crippen LogP contribution in [-0.2, 0) is 0 Å². The molecule has 0 saturated heterocycles. The fourth-order valence-corrected chi connectivity index (χ4v) is 2.30. The number of aryl methyl sites for hydroxylation is 1. The molecule has 1 amide bonds. The molecule has 0 atom stereocenters. The van der Waals surface area contributed by atoms with Crippen molar-refractivity contribution < 1.29 is 4.79 Å². The van der Waals surface area contributed by atoms with Gasteiger partial charge in [-0.1, -0.05) is 35.0 Å². The highest BCUT2D eigenvalue weighted by Gasteiger charge is 2.15. The quantitative estimate of drug-likeness (QED) is 0.884. The fraction of sp³-hybridized carbons (Fsp3) is 0.182. The lowest BCUT2D eigenvalue weighted by molar-refractivity contribution is 0.101. The van der Waals surface area contributed by atoms with Crippen LogP contribution in [0.25, 0.3) is 0 Å². The van der Waals surface area contributed by atoms with E-state index in [1.807, 2.05) is 6.26 Å². The molecule has 1 N–H and O–H groups in total. The van der Waals surface area contributed by atoms with Gasteiger partial charge in [-0.15, -0.1) is 10.2 Å². The lowest BCUT2D eigenvalue weighted by Crippen LogP contribution is -2.25. The molecule has 0 aliphatic carbocycles. The van der Waals surface area contributed by atoms with E-state index in [1.165, 1.54) is 22.5 Å². The van der Waals surface area contributed by atoms with E-state index in [9.17, 15) is 4.79 Å². The summed E-state index contributed by atoms with van der Waals surface area (Å²) in [6.07, 6.45) is 1.85. The number of rotatable bonds is 3. The van der Waals surface area contributed by atoms with Crippen molar-refractivity contribution in [2.24, 2.45) is 0 Å². The van der Waals surface area contributed by atoms with Crippen LogP contribution in [-0.4, -0.2) is 27.0 Å². The summed E-state index contributed by atoms with van der Waals surface area (Å²) < 4.78 is 1.50. The summed E-state index contributed by atoms with van der Waals surface area (Å²) in [5, 5.41) is 9.18. The molecule has 0 unspecified atom stereocenters. The zero-order chi connectivity index (χ0) is 14.0. The first-order chi connectivity index (χ1) is 9.02. The largest absolute Gasteiger partial charge is 0.271 e. The number of aromatic nitrogens is 3. The number of hydrogen-bond donors (Lipinski definition) is 1. The Bertz CT molecular complexity index is 629. The van der Waals surface area contributed by atoms with E-state index >= 15 is 0 Å². The van der Waals surface area contributed by atoms with Crippen molar-refractivity contribution in [1.82, 2.24) is 14.9 Å². The first kappa shape index (κ1) is 14.2. The Morgan fingerprint density at radius 3 is 2.79 bits per heavy atom. The topological polar surface area (TPSA) is 59.8 Å². The lowest BCUT2D eigenvalue weighted by Gasteiger charge is -2.10. The molecule has 100 valence electrons. The summed E-state index contributed by atoms with van der Waals surface area (Å²) in [4.78, 5) is 12.2. The van der Waals surface area contributed by atoms with Gasteiger partial charge >= 0.3 is 0 Å². The summed E-state index contributed by atoms with van der Waals surface area (Å²) in [5.74, 6) is 0.210. The van der Waals surface area contributed by atoms with Gasteiger partial charge in [0.15, 0.2) is 0 Å². The normalized spacial score (nSPS) is 10.5. The molecule has 5 nitrogen and oxygen atoms in total. The van der Waals surface area contributed by atoms with Crippen LogP contribution in [0.5, 0.6) is 0 Å². The number of nitrogens with zero attached hydrogens (tertiary/aromatic N) is 3. The van der Waals surface area contributed by atoms with Gasteiger partial charge in [-0.25, -0.2) is 4.68 Å². The number of hydrogen-bond acceptors (Lipinski definition) is 4. The molecule has 0 fully saturated rings. The van der Waals surface area contributed by atoms with E-state index < -0.39 is 0 Å². The maximum Gasteiger partial charge on any atom is 0.271 e. The first-order valence-electron chi connectivity index (χ1n) is 5.25. The zero-order valence-electron chi connectivity index (χ0n) is 10.1. The molecule has 1 aromatic heterocycles. The summed E-state index contributed by atoms with van der Waals surface area (Å²) >= 11 is 13.2. The minimum atomic E-state index is -0.370. The molecule has 0 bridgehead atoms. The molecule has 2 aromatic rings. The predicted molar refractivity (Wildman–Crippen MR) is 76.7 cm³/mol. The predicted octanol–water partition coefficient (Wildman–Crippen LogP) is 3.00. The molecule has 1 heterocycles. The number of amides is 1. The first-order valence-corrected chi connectivity index (χ1v) is 7.23. The van der Waals surface area contributed by atoms with E-state index in [0.717, 1.165) is 0 Å². The Labute approximate surface area is 124 Å². The monoisotopic (exact) mass is 316 g/mol. The molecule has 0 aliphatic rings. The molecule has 1 aromatic carbocycles. The van der Waals surface area contributed by atoms with Crippen molar-refractivity contribution in [3.63, 3.8) is 0 Å². The van der Waals surface area contributed by atoms with Crippen molar-refractivity contribution in [3.8, 4) is 0 Å². The Morgan fingerprint density at radius 1 is 1.37 bits per heavy atom. The van der Waals surface area contributed by atoms with Crippen LogP contribution in [0.4, 0.5) is 0 Å². The van der Waals surface area contributed by atoms with Crippen LogP contribution in [0.3, 0.4) is 0 Å². The highest BCUT2D eigenvalue weighted by molar-refractivity contribution is 7.98. The van der Waals surface area contributed by atoms with Crippen molar-refractivity contribution in [3.05, 3.63) is 39.6 Å². The Kier molecular flexibility index (Phi) is 4.34. The second-order valence-corrected chi connectivity index (χ2v) is 5.25. The third-order valence-electron chi connectivity index (χ3n) is 2.36. The molecule has 8 heteroatoms. The van der Waals surface area contributed by atoms with Crippen LogP contribution >= 0.6 is 35.0 Å². The maximum atomic E-state index is 12.2. The van der Waals surface area contributed by atoms with Crippen LogP contribution in [0.1, 0.15) is 16.2 Å². The number of thioether (sulfide) groups is 1. The van der Waals surface area contributed by atoms with Gasteiger partial charge in [0.25, 0.3) is 5.91 Å². The van der Waals surface area contributed by atoms with Gasteiger partial charge in [0.1, 0.15) is 5.82 Å². The molecule has 0 spiro atoms. The molecule has 0 radical (unpaired) electrons. The van der Waals surface area contributed by atoms with Crippen LogP contribution in [0.15, 0.2) is 23.4 Å². The molecule has 2 rings (SSSR count). The van der Waals surface area contributed by atoms with E-state index in [4.69, 9.17) is 23.2 Å². The molecular weight excluding hydrogens is 307 g/mol. The van der Waals surface area contributed by atoms with Gasteiger partial charge in [-0.2, -0.15) is 0 Å². The van der Waals surface area contributed by atoms with Crippen molar-refractivity contribution in [2.45, 2.75) is 12.1 Å². The molecular formula is C11H10Cl2N4OS. The number of carbonyl (C=O) groups is 1. The van der Waals surface area contributed by atoms with E-state index in [2.05, 4.69) is 15.6 Å². The highest BCUT2D eigenvalue weighted by Crippen LogP contribution is 2.21. The SMILES string of the molecule is CSc1nnc(C)n1NC(=O)c1cc(Cl)ccc1Cl. The van der Waals surface area contributed by atoms with Gasteiger partial charge in [-0.05, 0) is 31.4 Å². The van der Waals surface area contributed by atoms with Gasteiger partial charge < -0.3 is 0 Å². The second-order valence-electron chi connectivity index (χ2n) is 3.63. The summed E-state index contributed by atoms with van der Waals surface area (Å²) in [7, 11) is 0.